The van der Waals surface area contributed by atoms with Crippen LogP contribution < -0.4 is 0 Å². The number of nitrogens with zero attached hydrogens (tertiary/aromatic N) is 5. The van der Waals surface area contributed by atoms with Crippen LogP contribution in [0.3, 0.4) is 0 Å². The standard InChI is InChI=1S/C16H12N6O/c17-4-1-14(23)22-6-3-10(9-22)12-7-20-21-13-8-19-16-11(15(12)13)2-5-18-16/h2-3,5,7-8H,1,6,9H2,(H,18,19). The van der Waals surface area contributed by atoms with E-state index in [4.69, 9.17) is 5.26 Å². The molecule has 4 heterocycles. The second-order valence-corrected chi connectivity index (χ2v) is 5.36. The molecule has 1 aliphatic heterocycles. The Morgan fingerprint density at radius 2 is 2.35 bits per heavy atom. The predicted molar refractivity (Wildman–Crippen MR) is 84.0 cm³/mol. The first kappa shape index (κ1) is 13.4. The predicted octanol–water partition coefficient (Wildman–Crippen LogP) is 1.65. The zero-order valence-corrected chi connectivity index (χ0v) is 12.2. The second-order valence-electron chi connectivity index (χ2n) is 5.36. The number of hydrogen-bond donors (Lipinski definition) is 1. The summed E-state index contributed by atoms with van der Waals surface area (Å²) in [5.74, 6) is -0.154. The van der Waals surface area contributed by atoms with Gasteiger partial charge in [0.15, 0.2) is 0 Å². The fourth-order valence-electron chi connectivity index (χ4n) is 2.93. The Balaban J connectivity index is 1.80. The molecule has 0 aliphatic carbocycles. The smallest absolute Gasteiger partial charge is 0.237 e. The van der Waals surface area contributed by atoms with Gasteiger partial charge in [-0.1, -0.05) is 6.08 Å². The second kappa shape index (κ2) is 5.18. The Labute approximate surface area is 131 Å². The van der Waals surface area contributed by atoms with Crippen molar-refractivity contribution in [2.75, 3.05) is 13.1 Å². The van der Waals surface area contributed by atoms with Crippen LogP contribution >= 0.6 is 0 Å². The number of nitriles is 1. The molecule has 1 aliphatic rings. The van der Waals surface area contributed by atoms with E-state index in [1.165, 1.54) is 0 Å². The summed E-state index contributed by atoms with van der Waals surface area (Å²) in [5, 5.41) is 18.8. The Morgan fingerprint density at radius 1 is 1.43 bits per heavy atom. The van der Waals surface area contributed by atoms with Crippen molar-refractivity contribution in [2.24, 2.45) is 0 Å². The Bertz CT molecular complexity index is 997. The van der Waals surface area contributed by atoms with Gasteiger partial charge in [0, 0.05) is 35.6 Å². The van der Waals surface area contributed by atoms with Gasteiger partial charge in [0.2, 0.25) is 5.91 Å². The monoisotopic (exact) mass is 304 g/mol. The van der Waals surface area contributed by atoms with Crippen LogP contribution in [0.2, 0.25) is 0 Å². The quantitative estimate of drug-likeness (QED) is 0.776. The van der Waals surface area contributed by atoms with E-state index in [0.29, 0.717) is 13.1 Å². The molecular weight excluding hydrogens is 292 g/mol. The summed E-state index contributed by atoms with van der Waals surface area (Å²) in [6.07, 6.45) is 7.16. The molecule has 1 amide bonds. The largest absolute Gasteiger partial charge is 0.346 e. The molecule has 0 aromatic carbocycles. The highest BCUT2D eigenvalue weighted by atomic mass is 16.2. The molecule has 23 heavy (non-hydrogen) atoms. The van der Waals surface area contributed by atoms with Gasteiger partial charge in [-0.3, -0.25) is 4.79 Å². The van der Waals surface area contributed by atoms with Crippen LogP contribution in [-0.2, 0) is 4.79 Å². The summed E-state index contributed by atoms with van der Waals surface area (Å²) in [5.41, 5.74) is 3.49. The first-order valence-corrected chi connectivity index (χ1v) is 7.19. The third-order valence-corrected chi connectivity index (χ3v) is 4.04. The van der Waals surface area contributed by atoms with E-state index in [0.717, 1.165) is 33.1 Å². The van der Waals surface area contributed by atoms with Crippen LogP contribution in [0.5, 0.6) is 0 Å². The minimum Gasteiger partial charge on any atom is -0.346 e. The van der Waals surface area contributed by atoms with E-state index in [2.05, 4.69) is 20.2 Å². The molecule has 0 saturated carbocycles. The highest BCUT2D eigenvalue weighted by molar-refractivity contribution is 6.08. The number of H-pyrrole nitrogens is 1. The molecular formula is C16H12N6O. The molecule has 0 fully saturated rings. The highest BCUT2D eigenvalue weighted by Gasteiger charge is 2.22. The maximum absolute atomic E-state index is 11.9. The zero-order chi connectivity index (χ0) is 15.8. The fraction of sp³-hybridized carbons (Fsp3) is 0.188. The van der Waals surface area contributed by atoms with Gasteiger partial charge in [0.05, 0.1) is 18.5 Å². The molecule has 0 radical (unpaired) electrons. The number of aromatic amines is 1. The van der Waals surface area contributed by atoms with Crippen molar-refractivity contribution in [3.8, 4) is 6.07 Å². The minimum atomic E-state index is -0.154. The zero-order valence-electron chi connectivity index (χ0n) is 12.2. The summed E-state index contributed by atoms with van der Waals surface area (Å²) in [4.78, 5) is 21.0. The van der Waals surface area contributed by atoms with Crippen molar-refractivity contribution in [3.63, 3.8) is 0 Å². The van der Waals surface area contributed by atoms with Gasteiger partial charge < -0.3 is 9.88 Å². The van der Waals surface area contributed by atoms with Crippen molar-refractivity contribution in [1.82, 2.24) is 25.1 Å². The van der Waals surface area contributed by atoms with Crippen molar-refractivity contribution < 1.29 is 4.79 Å². The van der Waals surface area contributed by atoms with Gasteiger partial charge in [-0.2, -0.15) is 10.4 Å². The molecule has 0 saturated heterocycles. The summed E-state index contributed by atoms with van der Waals surface area (Å²) >= 11 is 0. The number of aromatic nitrogens is 4. The van der Waals surface area contributed by atoms with Crippen LogP contribution in [0, 0.1) is 11.3 Å². The molecule has 7 nitrogen and oxygen atoms in total. The van der Waals surface area contributed by atoms with Gasteiger partial charge >= 0.3 is 0 Å². The number of hydrogen-bond acceptors (Lipinski definition) is 5. The number of nitrogens with one attached hydrogen (secondary N) is 1. The van der Waals surface area contributed by atoms with E-state index in [-0.39, 0.29) is 12.3 Å². The van der Waals surface area contributed by atoms with Gasteiger partial charge in [-0.05, 0) is 11.6 Å². The molecule has 3 aromatic heterocycles. The molecule has 7 heteroatoms. The first-order chi connectivity index (χ1) is 11.3. The van der Waals surface area contributed by atoms with Gasteiger partial charge in [-0.25, -0.2) is 4.98 Å². The average Bonchev–Trinajstić information content (AvgIpc) is 3.23. The number of fused-ring (bicyclic) bond motifs is 3. The van der Waals surface area contributed by atoms with Crippen molar-refractivity contribution >= 4 is 33.4 Å². The molecule has 0 atom stereocenters. The number of carbonyl (C=O) groups excluding carboxylic acids is 1. The Hall–Kier alpha value is -3.27. The Kier molecular flexibility index (Phi) is 3.01. The molecule has 3 aromatic rings. The van der Waals surface area contributed by atoms with E-state index < -0.39 is 0 Å². The fourth-order valence-corrected chi connectivity index (χ4v) is 2.93. The van der Waals surface area contributed by atoms with Crippen molar-refractivity contribution in [2.45, 2.75) is 6.42 Å². The lowest BCUT2D eigenvalue weighted by Gasteiger charge is -2.15. The normalized spacial score (nSPS) is 14.2. The van der Waals surface area contributed by atoms with Crippen LogP contribution in [0.15, 0.2) is 30.7 Å². The van der Waals surface area contributed by atoms with E-state index in [1.807, 2.05) is 24.4 Å². The summed E-state index contributed by atoms with van der Waals surface area (Å²) in [6, 6.07) is 3.86. The lowest BCUT2D eigenvalue weighted by Crippen LogP contribution is -2.28. The Morgan fingerprint density at radius 3 is 3.22 bits per heavy atom. The number of carbonyl (C=O) groups is 1. The first-order valence-electron chi connectivity index (χ1n) is 7.19. The highest BCUT2D eigenvalue weighted by Crippen LogP contribution is 2.31. The molecule has 0 unspecified atom stereocenters. The number of amides is 1. The van der Waals surface area contributed by atoms with E-state index in [9.17, 15) is 4.79 Å². The topological polar surface area (TPSA) is 98.6 Å². The molecule has 112 valence electrons. The lowest BCUT2D eigenvalue weighted by molar-refractivity contribution is -0.128. The number of rotatable bonds is 2. The SMILES string of the molecule is N#CCC(=O)N1CC=C(c2cnnc3cnc4[nH]ccc4c23)C1. The number of pyridine rings is 1. The maximum Gasteiger partial charge on any atom is 0.237 e. The van der Waals surface area contributed by atoms with Crippen LogP contribution in [0.1, 0.15) is 12.0 Å². The van der Waals surface area contributed by atoms with Crippen LogP contribution in [0.4, 0.5) is 0 Å². The van der Waals surface area contributed by atoms with E-state index >= 15 is 0 Å². The molecule has 1 N–H and O–H groups in total. The molecule has 0 bridgehead atoms. The van der Waals surface area contributed by atoms with Gasteiger partial charge in [-0.15, -0.1) is 5.10 Å². The minimum absolute atomic E-state index is 0.0948. The van der Waals surface area contributed by atoms with Gasteiger partial charge in [0.25, 0.3) is 0 Å². The van der Waals surface area contributed by atoms with Crippen LogP contribution in [0.25, 0.3) is 27.5 Å². The van der Waals surface area contributed by atoms with Crippen molar-refractivity contribution in [1.29, 1.82) is 5.26 Å². The van der Waals surface area contributed by atoms with Crippen molar-refractivity contribution in [3.05, 3.63) is 36.3 Å². The molecule has 0 spiro atoms. The van der Waals surface area contributed by atoms with E-state index in [1.54, 1.807) is 17.3 Å². The summed E-state index contributed by atoms with van der Waals surface area (Å²) in [7, 11) is 0. The maximum atomic E-state index is 11.9. The van der Waals surface area contributed by atoms with Crippen LogP contribution in [-0.4, -0.2) is 44.1 Å². The average molecular weight is 304 g/mol. The third kappa shape index (κ3) is 2.12. The summed E-state index contributed by atoms with van der Waals surface area (Å²) in [6.45, 7) is 0.997. The third-order valence-electron chi connectivity index (χ3n) is 4.04. The molecule has 4 rings (SSSR count). The summed E-state index contributed by atoms with van der Waals surface area (Å²) < 4.78 is 0. The van der Waals surface area contributed by atoms with Gasteiger partial charge in [0.1, 0.15) is 17.6 Å². The lowest BCUT2D eigenvalue weighted by atomic mass is 10.0.